The van der Waals surface area contributed by atoms with E-state index in [-0.39, 0.29) is 6.61 Å². The Bertz CT molecular complexity index is 706. The van der Waals surface area contributed by atoms with E-state index in [0.717, 1.165) is 9.13 Å². The van der Waals surface area contributed by atoms with E-state index in [1.54, 1.807) is 18.2 Å². The molecule has 0 saturated carbocycles. The fourth-order valence-electron chi connectivity index (χ4n) is 1.74. The third-order valence-corrected chi connectivity index (χ3v) is 3.51. The zero-order valence-corrected chi connectivity index (χ0v) is 12.6. The molecule has 5 heteroatoms. The SMILES string of the molecule is N#Cc1cc(N)c(OCc2ccccc2C#N)c(I)c1. The average molecular weight is 375 g/mol. The molecule has 2 aromatic rings. The summed E-state index contributed by atoms with van der Waals surface area (Å²) < 4.78 is 6.47. The number of nitrogen functional groups attached to an aromatic ring is 1. The summed E-state index contributed by atoms with van der Waals surface area (Å²) >= 11 is 2.07. The van der Waals surface area contributed by atoms with Gasteiger partial charge in [-0.05, 0) is 40.8 Å². The molecule has 98 valence electrons. The highest BCUT2D eigenvalue weighted by Crippen LogP contribution is 2.30. The van der Waals surface area contributed by atoms with E-state index >= 15 is 0 Å². The van der Waals surface area contributed by atoms with Crippen LogP contribution in [-0.4, -0.2) is 0 Å². The second-order valence-electron chi connectivity index (χ2n) is 4.05. The predicted molar refractivity (Wildman–Crippen MR) is 83.8 cm³/mol. The molecule has 2 N–H and O–H groups in total. The zero-order chi connectivity index (χ0) is 14.5. The number of rotatable bonds is 3. The maximum Gasteiger partial charge on any atom is 0.156 e. The van der Waals surface area contributed by atoms with Gasteiger partial charge in [0.1, 0.15) is 6.61 Å². The normalized spacial score (nSPS) is 9.55. The van der Waals surface area contributed by atoms with Crippen molar-refractivity contribution in [3.05, 3.63) is 56.7 Å². The minimum atomic E-state index is 0.260. The zero-order valence-electron chi connectivity index (χ0n) is 10.4. The molecule has 0 saturated heterocycles. The number of nitrogens with zero attached hydrogens (tertiary/aromatic N) is 2. The Balaban J connectivity index is 2.24. The first-order valence-electron chi connectivity index (χ1n) is 5.75. The largest absolute Gasteiger partial charge is 0.486 e. The maximum absolute atomic E-state index is 9.03. The van der Waals surface area contributed by atoms with Crippen LogP contribution in [0.15, 0.2) is 36.4 Å². The Morgan fingerprint density at radius 3 is 2.55 bits per heavy atom. The van der Waals surface area contributed by atoms with Crippen LogP contribution in [0.3, 0.4) is 0 Å². The molecule has 0 aliphatic rings. The molecule has 0 amide bonds. The molecular weight excluding hydrogens is 365 g/mol. The predicted octanol–water partition coefficient (Wildman–Crippen LogP) is 3.20. The van der Waals surface area contributed by atoms with Gasteiger partial charge in [-0.1, -0.05) is 18.2 Å². The molecule has 0 aliphatic heterocycles. The molecule has 0 heterocycles. The van der Waals surface area contributed by atoms with Crippen molar-refractivity contribution in [3.63, 3.8) is 0 Å². The van der Waals surface area contributed by atoms with Crippen molar-refractivity contribution in [2.45, 2.75) is 6.61 Å². The van der Waals surface area contributed by atoms with Gasteiger partial charge in [-0.15, -0.1) is 0 Å². The van der Waals surface area contributed by atoms with Crippen LogP contribution in [0.1, 0.15) is 16.7 Å². The maximum atomic E-state index is 9.03. The van der Waals surface area contributed by atoms with Crippen molar-refractivity contribution in [2.24, 2.45) is 0 Å². The van der Waals surface area contributed by atoms with Crippen molar-refractivity contribution in [1.29, 1.82) is 10.5 Å². The fourth-order valence-corrected chi connectivity index (χ4v) is 2.54. The van der Waals surface area contributed by atoms with Crippen molar-refractivity contribution < 1.29 is 4.74 Å². The summed E-state index contributed by atoms with van der Waals surface area (Å²) in [5.41, 5.74) is 8.18. The highest BCUT2D eigenvalue weighted by Gasteiger charge is 2.10. The lowest BCUT2D eigenvalue weighted by molar-refractivity contribution is 0.305. The van der Waals surface area contributed by atoms with Gasteiger partial charge in [0.2, 0.25) is 0 Å². The minimum absolute atomic E-state index is 0.260. The number of ether oxygens (including phenoxy) is 1. The van der Waals surface area contributed by atoms with Gasteiger partial charge in [-0.2, -0.15) is 10.5 Å². The molecule has 2 rings (SSSR count). The van der Waals surface area contributed by atoms with Crippen molar-refractivity contribution >= 4 is 28.3 Å². The number of hydrogen-bond donors (Lipinski definition) is 1. The molecule has 0 fully saturated rings. The van der Waals surface area contributed by atoms with Gasteiger partial charge >= 0.3 is 0 Å². The number of nitriles is 2. The second kappa shape index (κ2) is 6.27. The standard InChI is InChI=1S/C15H10IN3O/c16-13-5-10(7-17)6-14(19)15(13)20-9-12-4-2-1-3-11(12)8-18/h1-6H,9,19H2. The first-order chi connectivity index (χ1) is 9.65. The van der Waals surface area contributed by atoms with Crippen LogP contribution in [0.25, 0.3) is 0 Å². The van der Waals surface area contributed by atoms with Gasteiger partial charge in [0.15, 0.2) is 5.75 Å². The van der Waals surface area contributed by atoms with E-state index in [0.29, 0.717) is 22.6 Å². The van der Waals surface area contributed by atoms with E-state index in [2.05, 4.69) is 28.7 Å². The summed E-state index contributed by atoms with van der Waals surface area (Å²) in [7, 11) is 0. The number of nitrogens with two attached hydrogens (primary N) is 1. The Hall–Kier alpha value is -2.25. The molecule has 2 aromatic carbocycles. The van der Waals surface area contributed by atoms with Crippen LogP contribution in [0.2, 0.25) is 0 Å². The number of anilines is 1. The lowest BCUT2D eigenvalue weighted by Crippen LogP contribution is -2.02. The van der Waals surface area contributed by atoms with Gasteiger partial charge in [-0.25, -0.2) is 0 Å². The van der Waals surface area contributed by atoms with Crippen LogP contribution >= 0.6 is 22.6 Å². The third kappa shape index (κ3) is 3.01. The topological polar surface area (TPSA) is 82.8 Å². The summed E-state index contributed by atoms with van der Waals surface area (Å²) in [5, 5.41) is 17.9. The fraction of sp³-hybridized carbons (Fsp3) is 0.0667. The van der Waals surface area contributed by atoms with Crippen LogP contribution in [0, 0.1) is 26.2 Å². The van der Waals surface area contributed by atoms with Crippen molar-refractivity contribution in [3.8, 4) is 17.9 Å². The number of halogens is 1. The summed E-state index contributed by atoms with van der Waals surface area (Å²) in [6, 6.07) is 14.7. The quantitative estimate of drug-likeness (QED) is 0.660. The summed E-state index contributed by atoms with van der Waals surface area (Å²) in [4.78, 5) is 0. The smallest absolute Gasteiger partial charge is 0.156 e. The Morgan fingerprint density at radius 1 is 1.15 bits per heavy atom. The lowest BCUT2D eigenvalue weighted by Gasteiger charge is -2.12. The summed E-state index contributed by atoms with van der Waals surface area (Å²) in [5.74, 6) is 0.539. The molecule has 20 heavy (non-hydrogen) atoms. The lowest BCUT2D eigenvalue weighted by atomic mass is 10.1. The van der Waals surface area contributed by atoms with Crippen LogP contribution in [-0.2, 0) is 6.61 Å². The highest BCUT2D eigenvalue weighted by atomic mass is 127. The van der Waals surface area contributed by atoms with Crippen LogP contribution in [0.4, 0.5) is 5.69 Å². The molecule has 0 aromatic heterocycles. The molecule has 0 spiro atoms. The van der Waals surface area contributed by atoms with Gasteiger partial charge in [0.05, 0.1) is 32.5 Å². The molecule has 4 nitrogen and oxygen atoms in total. The monoisotopic (exact) mass is 375 g/mol. The van der Waals surface area contributed by atoms with E-state index in [9.17, 15) is 0 Å². The van der Waals surface area contributed by atoms with Crippen LogP contribution in [0.5, 0.6) is 5.75 Å². The number of hydrogen-bond acceptors (Lipinski definition) is 4. The number of benzene rings is 2. The Labute approximate surface area is 130 Å². The molecular formula is C15H10IN3O. The van der Waals surface area contributed by atoms with Crippen molar-refractivity contribution in [2.75, 3.05) is 5.73 Å². The van der Waals surface area contributed by atoms with Crippen molar-refractivity contribution in [1.82, 2.24) is 0 Å². The average Bonchev–Trinajstić information content (AvgIpc) is 2.46. The molecule has 0 atom stereocenters. The third-order valence-electron chi connectivity index (χ3n) is 2.71. The molecule has 0 aliphatic carbocycles. The van der Waals surface area contributed by atoms with Gasteiger partial charge < -0.3 is 10.5 Å². The minimum Gasteiger partial charge on any atom is -0.486 e. The van der Waals surface area contributed by atoms with Gasteiger partial charge in [0, 0.05) is 5.56 Å². The first kappa shape index (κ1) is 14.2. The van der Waals surface area contributed by atoms with Gasteiger partial charge in [-0.3, -0.25) is 0 Å². The Morgan fingerprint density at radius 2 is 1.90 bits per heavy atom. The van der Waals surface area contributed by atoms with E-state index in [4.69, 9.17) is 21.0 Å². The van der Waals surface area contributed by atoms with Gasteiger partial charge in [0.25, 0.3) is 0 Å². The first-order valence-corrected chi connectivity index (χ1v) is 6.83. The molecule has 0 unspecified atom stereocenters. The van der Waals surface area contributed by atoms with E-state index in [1.165, 1.54) is 0 Å². The Kier molecular flexibility index (Phi) is 4.44. The van der Waals surface area contributed by atoms with E-state index in [1.807, 2.05) is 24.3 Å². The molecule has 0 radical (unpaired) electrons. The van der Waals surface area contributed by atoms with Crippen LogP contribution < -0.4 is 10.5 Å². The summed E-state index contributed by atoms with van der Waals surface area (Å²) in [6.45, 7) is 0.260. The summed E-state index contributed by atoms with van der Waals surface area (Å²) in [6.07, 6.45) is 0. The van der Waals surface area contributed by atoms with E-state index < -0.39 is 0 Å². The second-order valence-corrected chi connectivity index (χ2v) is 5.21. The highest BCUT2D eigenvalue weighted by molar-refractivity contribution is 14.1. The molecule has 0 bridgehead atoms.